The molecule has 0 rings (SSSR count). The topological polar surface area (TPSA) is 78.9 Å². The fourth-order valence-corrected chi connectivity index (χ4v) is 6.92. The monoisotopic (exact) mass is 412 g/mol. The molecule has 0 bridgehead atoms. The number of rotatable bonds is 4. The van der Waals surface area contributed by atoms with E-state index in [1.54, 1.807) is 0 Å². The van der Waals surface area contributed by atoms with Crippen molar-refractivity contribution in [2.75, 3.05) is 0 Å². The minimum absolute atomic E-state index is 0.681. The van der Waals surface area contributed by atoms with Gasteiger partial charge < -0.3 is 0 Å². The van der Waals surface area contributed by atoms with E-state index in [4.69, 9.17) is 8.06 Å². The van der Waals surface area contributed by atoms with Crippen LogP contribution < -0.4 is 0 Å². The van der Waals surface area contributed by atoms with Crippen molar-refractivity contribution in [3.8, 4) is 0 Å². The summed E-state index contributed by atoms with van der Waals surface area (Å²) in [6.07, 6.45) is 0. The van der Waals surface area contributed by atoms with Crippen LogP contribution in [0.4, 0.5) is 0 Å². The molecule has 7 heteroatoms. The summed E-state index contributed by atoms with van der Waals surface area (Å²) in [7, 11) is 0. The van der Waals surface area contributed by atoms with E-state index in [0.717, 1.165) is 24.4 Å². The third-order valence-corrected chi connectivity index (χ3v) is 9.72. The predicted molar refractivity (Wildman–Crippen MR) is 51.2 cm³/mol. The minimum atomic E-state index is -4.68. The molecule has 0 spiro atoms. The van der Waals surface area contributed by atoms with Gasteiger partial charge in [0, 0.05) is 0 Å². The second-order valence-corrected chi connectivity index (χ2v) is 11.2. The second kappa shape index (κ2) is 5.83. The molecule has 0 unspecified atom stereocenters. The quantitative estimate of drug-likeness (QED) is 0.621. The van der Waals surface area contributed by atoms with Gasteiger partial charge in [0.05, 0.1) is 0 Å². The van der Waals surface area contributed by atoms with Crippen LogP contribution in [0.2, 0.25) is 0 Å². The molecule has 0 amide bonds. The summed E-state index contributed by atoms with van der Waals surface area (Å²) in [6.45, 7) is 6.75. The average molecular weight is 411 g/mol. The normalized spacial score (nSPS) is 10.1. The van der Waals surface area contributed by atoms with Gasteiger partial charge in [-0.05, 0) is 0 Å². The molecule has 0 aromatic rings. The van der Waals surface area contributed by atoms with E-state index in [-0.39, 0.29) is 0 Å². The Morgan fingerprint density at radius 1 is 0.933 bits per heavy atom. The first-order chi connectivity index (χ1) is 6.81. The van der Waals surface area contributed by atoms with Crippen molar-refractivity contribution in [3.05, 3.63) is 10.2 Å². The zero-order valence-electron chi connectivity index (χ0n) is 8.73. The Morgan fingerprint density at radius 2 is 1.20 bits per heavy atom. The number of hydrogen-bond donors (Lipinski definition) is 0. The van der Waals surface area contributed by atoms with Gasteiger partial charge >= 0.3 is 93.9 Å². The molecule has 0 radical (unpaired) electrons. The van der Waals surface area contributed by atoms with Crippen molar-refractivity contribution < 1.29 is 22.4 Å². The molecule has 84 valence electrons. The van der Waals surface area contributed by atoms with Crippen molar-refractivity contribution in [2.45, 2.75) is 20.8 Å². The molecule has 0 aromatic carbocycles. The molecule has 0 atom stereocenters. The first-order valence-corrected chi connectivity index (χ1v) is 11.0. The van der Waals surface area contributed by atoms with E-state index in [9.17, 15) is 14.4 Å². The fourth-order valence-electron chi connectivity index (χ4n) is 0.789. The molecule has 0 saturated heterocycles. The molecule has 15 heavy (non-hydrogen) atoms. The van der Waals surface area contributed by atoms with Gasteiger partial charge in [-0.15, -0.1) is 0 Å². The van der Waals surface area contributed by atoms with Gasteiger partial charge in [-0.1, -0.05) is 0 Å². The zero-order valence-corrected chi connectivity index (χ0v) is 12.6. The van der Waals surface area contributed by atoms with Crippen molar-refractivity contribution in [1.82, 2.24) is 0 Å². The van der Waals surface area contributed by atoms with Crippen molar-refractivity contribution >= 4 is 40.4 Å². The van der Waals surface area contributed by atoms with E-state index >= 15 is 0 Å². The van der Waals surface area contributed by atoms with Gasteiger partial charge in [-0.2, -0.15) is 0 Å². The fraction of sp³-hybridized carbons (Fsp3) is 0.375. The SMILES string of the molecule is C=[CH][Pb]([O]C(C)=O)([O]C(C)=O)[O]C(C)=O. The summed E-state index contributed by atoms with van der Waals surface area (Å²) in [4.78, 5) is 32.4. The average Bonchev–Trinajstić information content (AvgIpc) is 1.99. The maximum absolute atomic E-state index is 10.8. The Morgan fingerprint density at radius 3 is 1.33 bits per heavy atom. The van der Waals surface area contributed by atoms with E-state index in [0.29, 0.717) is 0 Å². The summed E-state index contributed by atoms with van der Waals surface area (Å²) in [6, 6.07) is 0. The number of hydrogen-bond acceptors (Lipinski definition) is 6. The van der Waals surface area contributed by atoms with E-state index in [2.05, 4.69) is 6.58 Å². The number of carbonyl (C=O) groups is 3. The molecule has 0 aromatic heterocycles. The molecular weight excluding hydrogens is 399 g/mol. The van der Waals surface area contributed by atoms with Crippen LogP contribution in [0.25, 0.3) is 0 Å². The Kier molecular flexibility index (Phi) is 5.47. The summed E-state index contributed by atoms with van der Waals surface area (Å²) >= 11 is -4.68. The van der Waals surface area contributed by atoms with Crippen LogP contribution in [0, 0.1) is 0 Å². The molecule has 0 aliphatic carbocycles. The first kappa shape index (κ1) is 14.1. The van der Waals surface area contributed by atoms with Gasteiger partial charge in [0.15, 0.2) is 0 Å². The van der Waals surface area contributed by atoms with Crippen molar-refractivity contribution in [3.63, 3.8) is 0 Å². The third kappa shape index (κ3) is 5.50. The standard InChI is InChI=1S/3C2H4O2.C2H3.Pb/c3*1-2(3)4;1-2;/h3*1H3,(H,3,4);1H,2H2;/q;;;;+3/p-3. The van der Waals surface area contributed by atoms with Crippen LogP contribution in [0.15, 0.2) is 10.2 Å². The van der Waals surface area contributed by atoms with E-state index < -0.39 is 40.4 Å². The molecule has 0 aliphatic heterocycles. The Labute approximate surface area is 93.8 Å². The summed E-state index contributed by atoms with van der Waals surface area (Å²) < 4.78 is 15.5. The molecule has 0 heterocycles. The van der Waals surface area contributed by atoms with Crippen molar-refractivity contribution in [2.24, 2.45) is 0 Å². The molecule has 6 nitrogen and oxygen atoms in total. The van der Waals surface area contributed by atoms with E-state index in [1.807, 2.05) is 0 Å². The summed E-state index contributed by atoms with van der Waals surface area (Å²) in [5, 5.41) is 0. The van der Waals surface area contributed by atoms with Crippen LogP contribution in [-0.2, 0) is 22.4 Å². The van der Waals surface area contributed by atoms with Crippen LogP contribution >= 0.6 is 0 Å². The number of carbonyl (C=O) groups excluding carboxylic acids is 3. The summed E-state index contributed by atoms with van der Waals surface area (Å²) in [5.74, 6) is -2.04. The Hall–Kier alpha value is -0.928. The van der Waals surface area contributed by atoms with Crippen molar-refractivity contribution in [1.29, 1.82) is 0 Å². The van der Waals surface area contributed by atoms with Crippen LogP contribution in [0.3, 0.4) is 0 Å². The molecule has 0 fully saturated rings. The van der Waals surface area contributed by atoms with Crippen LogP contribution in [0.5, 0.6) is 0 Å². The molecule has 0 N–H and O–H groups in total. The van der Waals surface area contributed by atoms with Gasteiger partial charge in [0.1, 0.15) is 0 Å². The van der Waals surface area contributed by atoms with Gasteiger partial charge in [0.25, 0.3) is 0 Å². The van der Waals surface area contributed by atoms with Gasteiger partial charge in [0.2, 0.25) is 0 Å². The Balaban J connectivity index is 4.90. The molecule has 0 aliphatic rings. The molecule has 0 saturated carbocycles. The Bertz CT molecular complexity index is 257. The first-order valence-electron chi connectivity index (χ1n) is 4.03. The van der Waals surface area contributed by atoms with E-state index in [1.165, 1.54) is 0 Å². The van der Waals surface area contributed by atoms with Crippen LogP contribution in [0.1, 0.15) is 20.8 Å². The molecular formula is C8H12O6Pb. The summed E-state index contributed by atoms with van der Waals surface area (Å²) in [5.41, 5.74) is 0. The maximum atomic E-state index is 10.8. The van der Waals surface area contributed by atoms with Gasteiger partial charge in [-0.3, -0.25) is 0 Å². The third-order valence-electron chi connectivity index (χ3n) is 1.11. The van der Waals surface area contributed by atoms with Crippen LogP contribution in [-0.4, -0.2) is 40.4 Å². The zero-order chi connectivity index (χ0) is 12.1. The predicted octanol–water partition coefficient (Wildman–Crippen LogP) is 0.340. The van der Waals surface area contributed by atoms with Gasteiger partial charge in [-0.25, -0.2) is 0 Å². The second-order valence-electron chi connectivity index (χ2n) is 2.59.